The number of nitrogens with one attached hydrogen (secondary N) is 1. The molecule has 0 saturated carbocycles. The lowest BCUT2D eigenvalue weighted by Gasteiger charge is -2.08. The van der Waals surface area contributed by atoms with Crippen molar-refractivity contribution in [2.75, 3.05) is 12.0 Å². The summed E-state index contributed by atoms with van der Waals surface area (Å²) in [7, 11) is 0. The number of nitriles is 1. The van der Waals surface area contributed by atoms with Gasteiger partial charge in [0, 0.05) is 6.07 Å². The van der Waals surface area contributed by atoms with E-state index >= 15 is 0 Å². The first-order valence-corrected chi connectivity index (χ1v) is 7.77. The number of nitro benzene ring substituents is 1. The van der Waals surface area contributed by atoms with Crippen LogP contribution in [-0.2, 0) is 9.53 Å². The number of hydrogen-bond donors (Lipinski definition) is 1. The minimum Gasteiger partial charge on any atom is -0.466 e. The van der Waals surface area contributed by atoms with Crippen LogP contribution in [0.5, 0.6) is 0 Å². The third-order valence-electron chi connectivity index (χ3n) is 3.36. The lowest BCUT2D eigenvalue weighted by atomic mass is 10.1. The molecule has 0 unspecified atom stereocenters. The molecule has 0 fully saturated rings. The van der Waals surface area contributed by atoms with Crippen molar-refractivity contribution in [1.82, 2.24) is 0 Å². The lowest BCUT2D eigenvalue weighted by molar-refractivity contribution is -0.384. The van der Waals surface area contributed by atoms with E-state index in [4.69, 9.17) is 10.00 Å². The van der Waals surface area contributed by atoms with Crippen LogP contribution in [0.1, 0.15) is 24.5 Å². The van der Waals surface area contributed by atoms with E-state index in [0.717, 1.165) is 6.07 Å². The Morgan fingerprint density at radius 3 is 2.65 bits per heavy atom. The van der Waals surface area contributed by atoms with Crippen molar-refractivity contribution in [2.45, 2.75) is 13.3 Å². The second kappa shape index (κ2) is 8.94. The molecule has 8 heteroatoms. The second-order valence-corrected chi connectivity index (χ2v) is 5.12. The predicted molar refractivity (Wildman–Crippen MR) is 95.7 cm³/mol. The Morgan fingerprint density at radius 2 is 2.04 bits per heavy atom. The number of ether oxygens (including phenoxy) is 1. The van der Waals surface area contributed by atoms with Crippen LogP contribution in [0.3, 0.4) is 0 Å². The number of nitrogens with zero attached hydrogens (tertiary/aromatic N) is 3. The van der Waals surface area contributed by atoms with Gasteiger partial charge in [0.1, 0.15) is 5.69 Å². The van der Waals surface area contributed by atoms with Gasteiger partial charge < -0.3 is 4.74 Å². The summed E-state index contributed by atoms with van der Waals surface area (Å²) < 4.78 is 4.95. The molecule has 0 amide bonds. The number of anilines is 1. The van der Waals surface area contributed by atoms with Crippen molar-refractivity contribution >= 4 is 23.1 Å². The first-order valence-electron chi connectivity index (χ1n) is 7.77. The average molecular weight is 352 g/mol. The molecule has 2 aromatic rings. The molecule has 26 heavy (non-hydrogen) atoms. The maximum Gasteiger partial charge on any atom is 0.311 e. The van der Waals surface area contributed by atoms with Crippen LogP contribution in [-0.4, -0.2) is 23.2 Å². The summed E-state index contributed by atoms with van der Waals surface area (Å²) >= 11 is 0. The summed E-state index contributed by atoms with van der Waals surface area (Å²) in [5.41, 5.74) is 3.69. The van der Waals surface area contributed by atoms with Crippen molar-refractivity contribution in [2.24, 2.45) is 5.10 Å². The van der Waals surface area contributed by atoms with Crippen LogP contribution in [0.15, 0.2) is 53.6 Å². The summed E-state index contributed by atoms with van der Waals surface area (Å²) in [6.45, 7) is 1.95. The van der Waals surface area contributed by atoms with Gasteiger partial charge in [-0.15, -0.1) is 0 Å². The number of carbonyl (C=O) groups is 1. The van der Waals surface area contributed by atoms with Crippen LogP contribution in [0.2, 0.25) is 0 Å². The highest BCUT2D eigenvalue weighted by Crippen LogP contribution is 2.25. The number of esters is 1. The van der Waals surface area contributed by atoms with Crippen molar-refractivity contribution in [3.05, 3.63) is 69.8 Å². The number of nitro groups is 1. The van der Waals surface area contributed by atoms with Crippen molar-refractivity contribution in [3.63, 3.8) is 0 Å². The molecule has 0 aliphatic carbocycles. The molecule has 0 atom stereocenters. The number of rotatable bonds is 7. The van der Waals surface area contributed by atoms with Crippen molar-refractivity contribution in [1.29, 1.82) is 5.26 Å². The highest BCUT2D eigenvalue weighted by Gasteiger charge is 2.16. The smallest absolute Gasteiger partial charge is 0.311 e. The van der Waals surface area contributed by atoms with Crippen molar-refractivity contribution in [3.8, 4) is 6.07 Å². The van der Waals surface area contributed by atoms with E-state index in [0.29, 0.717) is 11.3 Å². The molecule has 2 rings (SSSR count). The minimum absolute atomic E-state index is 0.0884. The molecular weight excluding hydrogens is 336 g/mol. The third-order valence-corrected chi connectivity index (χ3v) is 3.36. The molecule has 0 aliphatic heterocycles. The van der Waals surface area contributed by atoms with Gasteiger partial charge in [-0.1, -0.05) is 30.3 Å². The number of hydrogen-bond acceptors (Lipinski definition) is 7. The van der Waals surface area contributed by atoms with E-state index in [1.165, 1.54) is 12.1 Å². The molecule has 0 aliphatic rings. The zero-order valence-electron chi connectivity index (χ0n) is 14.0. The van der Waals surface area contributed by atoms with Crippen LogP contribution < -0.4 is 5.43 Å². The maximum atomic E-state index is 11.8. The van der Waals surface area contributed by atoms with Crippen LogP contribution in [0.4, 0.5) is 11.4 Å². The summed E-state index contributed by atoms with van der Waals surface area (Å²) in [5.74, 6) is -0.453. The Bertz CT molecular complexity index is 873. The van der Waals surface area contributed by atoms with E-state index in [1.54, 1.807) is 31.2 Å². The Labute approximate surface area is 149 Å². The molecule has 0 heterocycles. The fraction of sp³-hybridized carbons (Fsp3) is 0.167. The Balaban J connectivity index is 2.34. The molecule has 1 N–H and O–H groups in total. The minimum atomic E-state index is -0.605. The molecule has 132 valence electrons. The predicted octanol–water partition coefficient (Wildman–Crippen LogP) is 3.24. The number of hydrazone groups is 1. The normalized spacial score (nSPS) is 10.7. The van der Waals surface area contributed by atoms with Crippen LogP contribution in [0.25, 0.3) is 0 Å². The summed E-state index contributed by atoms with van der Waals surface area (Å²) in [6, 6.07) is 14.8. The van der Waals surface area contributed by atoms with Crippen molar-refractivity contribution < 1.29 is 14.5 Å². The first kappa shape index (κ1) is 18.6. The van der Waals surface area contributed by atoms with Gasteiger partial charge in [0.15, 0.2) is 0 Å². The first-order chi connectivity index (χ1) is 12.5. The molecule has 0 saturated heterocycles. The van der Waals surface area contributed by atoms with E-state index in [2.05, 4.69) is 10.5 Å². The standard InChI is InChI=1S/C18H16N4O4/c1-2-26-18(23)11-16(14-6-4-3-5-7-14)21-20-15-9-8-13(12-19)10-17(15)22(24)25/h3-10,20H,2,11H2,1H3/b21-16-. The summed E-state index contributed by atoms with van der Waals surface area (Å²) in [6.07, 6.45) is -0.0884. The van der Waals surface area contributed by atoms with E-state index in [1.807, 2.05) is 12.1 Å². The van der Waals surface area contributed by atoms with Crippen LogP contribution in [0, 0.1) is 21.4 Å². The van der Waals surface area contributed by atoms with E-state index in [-0.39, 0.29) is 30.0 Å². The van der Waals surface area contributed by atoms with Gasteiger partial charge in [-0.3, -0.25) is 20.3 Å². The highest BCUT2D eigenvalue weighted by molar-refractivity contribution is 6.09. The van der Waals surface area contributed by atoms with E-state index < -0.39 is 10.9 Å². The largest absolute Gasteiger partial charge is 0.466 e. The Kier molecular flexibility index (Phi) is 6.40. The molecular formula is C18H16N4O4. The van der Waals surface area contributed by atoms with Crippen LogP contribution >= 0.6 is 0 Å². The maximum absolute atomic E-state index is 11.8. The quantitative estimate of drug-likeness (QED) is 0.354. The fourth-order valence-electron chi connectivity index (χ4n) is 2.16. The molecule has 0 spiro atoms. The molecule has 0 bridgehead atoms. The summed E-state index contributed by atoms with van der Waals surface area (Å²) in [4.78, 5) is 22.4. The SMILES string of the molecule is CCOC(=O)C/C(=N/Nc1ccc(C#N)cc1[N+](=O)[O-])c1ccccc1. The average Bonchev–Trinajstić information content (AvgIpc) is 2.65. The molecule has 8 nitrogen and oxygen atoms in total. The molecule has 0 radical (unpaired) electrons. The highest BCUT2D eigenvalue weighted by atomic mass is 16.6. The molecule has 0 aromatic heterocycles. The fourth-order valence-corrected chi connectivity index (χ4v) is 2.16. The topological polar surface area (TPSA) is 118 Å². The zero-order chi connectivity index (χ0) is 18.9. The zero-order valence-corrected chi connectivity index (χ0v) is 14.0. The van der Waals surface area contributed by atoms with Gasteiger partial charge in [-0.2, -0.15) is 10.4 Å². The number of carbonyl (C=O) groups excluding carboxylic acids is 1. The van der Waals surface area contributed by atoms with Gasteiger partial charge in [-0.05, 0) is 24.6 Å². The lowest BCUT2D eigenvalue weighted by Crippen LogP contribution is -2.14. The Morgan fingerprint density at radius 1 is 1.31 bits per heavy atom. The summed E-state index contributed by atoms with van der Waals surface area (Å²) in [5, 5.41) is 24.2. The van der Waals surface area contributed by atoms with E-state index in [9.17, 15) is 14.9 Å². The van der Waals surface area contributed by atoms with Gasteiger partial charge >= 0.3 is 5.97 Å². The van der Waals surface area contributed by atoms with Gasteiger partial charge in [0.25, 0.3) is 5.69 Å². The van der Waals surface area contributed by atoms with Gasteiger partial charge in [-0.25, -0.2) is 0 Å². The van der Waals surface area contributed by atoms with Gasteiger partial charge in [0.2, 0.25) is 0 Å². The third kappa shape index (κ3) is 4.88. The monoisotopic (exact) mass is 352 g/mol. The van der Waals surface area contributed by atoms with Gasteiger partial charge in [0.05, 0.1) is 35.3 Å². The number of benzene rings is 2. The Hall–Kier alpha value is -3.73. The molecule has 2 aromatic carbocycles. The second-order valence-electron chi connectivity index (χ2n) is 5.12.